The molecule has 1 atom stereocenters. The van der Waals surface area contributed by atoms with Crippen LogP contribution in [0.4, 0.5) is 15.8 Å². The van der Waals surface area contributed by atoms with Gasteiger partial charge in [-0.2, -0.15) is 4.99 Å². The van der Waals surface area contributed by atoms with E-state index < -0.39 is 40.0 Å². The summed E-state index contributed by atoms with van der Waals surface area (Å²) in [5.41, 5.74) is 11.5. The summed E-state index contributed by atoms with van der Waals surface area (Å²) in [5.74, 6) is -1.19. The highest BCUT2D eigenvalue weighted by Gasteiger charge is 2.27. The van der Waals surface area contributed by atoms with Crippen molar-refractivity contribution < 1.29 is 22.4 Å². The van der Waals surface area contributed by atoms with E-state index in [2.05, 4.69) is 15.0 Å². The van der Waals surface area contributed by atoms with Gasteiger partial charge in [0.05, 0.1) is 16.4 Å². The van der Waals surface area contributed by atoms with Gasteiger partial charge in [-0.1, -0.05) is 31.9 Å². The molecule has 0 fully saturated rings. The molecule has 0 aliphatic heterocycles. The van der Waals surface area contributed by atoms with Crippen LogP contribution < -0.4 is 21.5 Å². The lowest BCUT2D eigenvalue weighted by atomic mass is 9.94. The molecule has 0 aromatic heterocycles. The Kier molecular flexibility index (Phi) is 9.49. The van der Waals surface area contributed by atoms with Crippen LogP contribution >= 0.6 is 0 Å². The minimum absolute atomic E-state index is 0.0852. The molecule has 2 aromatic carbocycles. The van der Waals surface area contributed by atoms with Gasteiger partial charge in [0.2, 0.25) is 5.91 Å². The Morgan fingerprint density at radius 1 is 1.11 bits per heavy atom. The number of amidine groups is 1. The second kappa shape index (κ2) is 11.9. The standard InChI is InChI=1S/C24H32FN5O4S/c1-4-5-9-20(26)22(31)29-21(27)16-7-6-8-19(14-16)35(33,34)30-18-12-10-17(11-13-18)28-23(32)24(2,3)15-25/h6-8,10-14,20,30H,4-5,9,15,26H2,1-3H3,(H,28,32)(H2,27,29,31)/t20-/m0/s1. The van der Waals surface area contributed by atoms with Gasteiger partial charge in [-0.25, -0.2) is 12.8 Å². The zero-order valence-electron chi connectivity index (χ0n) is 20.0. The number of aliphatic imine (C=N–C) groups is 1. The van der Waals surface area contributed by atoms with Crippen LogP contribution in [0.3, 0.4) is 0 Å². The number of benzene rings is 2. The van der Waals surface area contributed by atoms with E-state index in [4.69, 9.17) is 11.5 Å². The highest BCUT2D eigenvalue weighted by Crippen LogP contribution is 2.22. The molecule has 0 aliphatic carbocycles. The highest BCUT2D eigenvalue weighted by atomic mass is 32.2. The number of sulfonamides is 1. The van der Waals surface area contributed by atoms with Crippen molar-refractivity contribution in [3.8, 4) is 0 Å². The Morgan fingerprint density at radius 2 is 1.74 bits per heavy atom. The lowest BCUT2D eigenvalue weighted by Gasteiger charge is -2.19. The number of carbonyl (C=O) groups is 2. The van der Waals surface area contributed by atoms with E-state index in [0.717, 1.165) is 12.8 Å². The van der Waals surface area contributed by atoms with Crippen molar-refractivity contribution in [1.29, 1.82) is 0 Å². The van der Waals surface area contributed by atoms with Crippen LogP contribution in [0.5, 0.6) is 0 Å². The van der Waals surface area contributed by atoms with Gasteiger partial charge in [0, 0.05) is 16.9 Å². The highest BCUT2D eigenvalue weighted by molar-refractivity contribution is 7.92. The quantitative estimate of drug-likeness (QED) is 0.271. The fourth-order valence-electron chi connectivity index (χ4n) is 2.83. The second-order valence-electron chi connectivity index (χ2n) is 8.77. The normalized spacial score (nSPS) is 13.2. The number of nitrogens with zero attached hydrogens (tertiary/aromatic N) is 1. The van der Waals surface area contributed by atoms with Crippen molar-refractivity contribution in [2.45, 2.75) is 51.0 Å². The lowest BCUT2D eigenvalue weighted by Crippen LogP contribution is -2.32. The van der Waals surface area contributed by atoms with Gasteiger partial charge >= 0.3 is 0 Å². The summed E-state index contributed by atoms with van der Waals surface area (Å²) < 4.78 is 41.2. The Morgan fingerprint density at radius 3 is 2.34 bits per heavy atom. The molecule has 9 nitrogen and oxygen atoms in total. The molecule has 2 rings (SSSR count). The topological polar surface area (TPSA) is 157 Å². The van der Waals surface area contributed by atoms with E-state index >= 15 is 0 Å². The SMILES string of the molecule is CCCC[C@H](N)C(=O)N=C(N)c1cccc(S(=O)(=O)Nc2ccc(NC(=O)C(C)(C)CF)cc2)c1. The number of carbonyl (C=O) groups excluding carboxylic acids is 2. The van der Waals surface area contributed by atoms with Gasteiger partial charge in [0.1, 0.15) is 12.5 Å². The number of hydrogen-bond donors (Lipinski definition) is 4. The van der Waals surface area contributed by atoms with Gasteiger partial charge in [-0.15, -0.1) is 0 Å². The fraction of sp³-hybridized carbons (Fsp3) is 0.375. The first-order valence-electron chi connectivity index (χ1n) is 11.1. The molecule has 2 aromatic rings. The zero-order chi connectivity index (χ0) is 26.2. The summed E-state index contributed by atoms with van der Waals surface area (Å²) in [6, 6.07) is 10.9. The van der Waals surface area contributed by atoms with Gasteiger partial charge in [0.15, 0.2) is 0 Å². The van der Waals surface area contributed by atoms with E-state index in [1.807, 2.05) is 6.92 Å². The largest absolute Gasteiger partial charge is 0.383 e. The van der Waals surface area contributed by atoms with Gasteiger partial charge < -0.3 is 16.8 Å². The number of rotatable bonds is 11. The second-order valence-corrected chi connectivity index (χ2v) is 10.4. The predicted octanol–water partition coefficient (Wildman–Crippen LogP) is 3.17. The summed E-state index contributed by atoms with van der Waals surface area (Å²) in [6.07, 6.45) is 2.16. The number of nitrogens with two attached hydrogens (primary N) is 2. The van der Waals surface area contributed by atoms with Crippen molar-refractivity contribution in [2.24, 2.45) is 21.9 Å². The van der Waals surface area contributed by atoms with Crippen LogP contribution in [-0.2, 0) is 19.6 Å². The third kappa shape index (κ3) is 7.86. The molecule has 0 bridgehead atoms. The van der Waals surface area contributed by atoms with Crippen LogP contribution in [0.2, 0.25) is 0 Å². The number of alkyl halides is 1. The molecule has 190 valence electrons. The van der Waals surface area contributed by atoms with Crippen LogP contribution in [0.25, 0.3) is 0 Å². The maximum atomic E-state index is 13.0. The number of nitrogens with one attached hydrogen (secondary N) is 2. The lowest BCUT2D eigenvalue weighted by molar-refractivity contribution is -0.124. The average molecular weight is 506 g/mol. The minimum atomic E-state index is -4.00. The number of anilines is 2. The molecular weight excluding hydrogens is 473 g/mol. The van der Waals surface area contributed by atoms with E-state index in [1.165, 1.54) is 56.3 Å². The molecule has 0 radical (unpaired) electrons. The van der Waals surface area contributed by atoms with Crippen molar-refractivity contribution >= 4 is 39.0 Å². The van der Waals surface area contributed by atoms with Crippen LogP contribution in [0.15, 0.2) is 58.4 Å². The predicted molar refractivity (Wildman–Crippen MR) is 135 cm³/mol. The summed E-state index contributed by atoms with van der Waals surface area (Å²) >= 11 is 0. The van der Waals surface area contributed by atoms with Crippen molar-refractivity contribution in [1.82, 2.24) is 0 Å². The van der Waals surface area contributed by atoms with E-state index in [9.17, 15) is 22.4 Å². The molecule has 0 spiro atoms. The maximum Gasteiger partial charge on any atom is 0.264 e. The van der Waals surface area contributed by atoms with Crippen LogP contribution in [0, 0.1) is 5.41 Å². The molecular formula is C24H32FN5O4S. The van der Waals surface area contributed by atoms with Gasteiger partial charge in [-0.3, -0.25) is 14.3 Å². The molecule has 0 aliphatic rings. The molecule has 11 heteroatoms. The Bertz CT molecular complexity index is 1180. The summed E-state index contributed by atoms with van der Waals surface area (Å²) in [6.45, 7) is 4.13. The smallest absolute Gasteiger partial charge is 0.264 e. The van der Waals surface area contributed by atoms with Gasteiger partial charge in [0.25, 0.3) is 15.9 Å². The molecule has 0 saturated heterocycles. The maximum absolute atomic E-state index is 13.0. The zero-order valence-corrected chi connectivity index (χ0v) is 20.9. The van der Waals surface area contributed by atoms with Gasteiger partial charge in [-0.05, 0) is 56.7 Å². The number of halogens is 1. The molecule has 0 unspecified atom stereocenters. The Hall–Kier alpha value is -3.31. The van der Waals surface area contributed by atoms with Crippen LogP contribution in [0.1, 0.15) is 45.6 Å². The Labute approximate surface area is 205 Å². The average Bonchev–Trinajstić information content (AvgIpc) is 2.83. The third-order valence-corrected chi connectivity index (χ3v) is 6.58. The monoisotopic (exact) mass is 505 g/mol. The first-order valence-corrected chi connectivity index (χ1v) is 12.6. The summed E-state index contributed by atoms with van der Waals surface area (Å²) in [5, 5.41) is 2.59. The molecule has 0 saturated carbocycles. The fourth-order valence-corrected chi connectivity index (χ4v) is 3.94. The van der Waals surface area contributed by atoms with E-state index in [-0.39, 0.29) is 22.0 Å². The Balaban J connectivity index is 2.15. The number of unbranched alkanes of at least 4 members (excludes halogenated alkanes) is 1. The first-order chi connectivity index (χ1) is 16.4. The van der Waals surface area contributed by atoms with Crippen molar-refractivity contribution in [3.63, 3.8) is 0 Å². The van der Waals surface area contributed by atoms with E-state index in [0.29, 0.717) is 12.1 Å². The van der Waals surface area contributed by atoms with Crippen molar-refractivity contribution in [2.75, 3.05) is 16.7 Å². The molecule has 0 heterocycles. The molecule has 35 heavy (non-hydrogen) atoms. The summed E-state index contributed by atoms with van der Waals surface area (Å²) in [7, 11) is -4.00. The third-order valence-electron chi connectivity index (χ3n) is 5.20. The number of hydrogen-bond acceptors (Lipinski definition) is 5. The number of amides is 2. The van der Waals surface area contributed by atoms with Crippen LogP contribution in [-0.4, -0.2) is 38.8 Å². The minimum Gasteiger partial charge on any atom is -0.383 e. The van der Waals surface area contributed by atoms with E-state index in [1.54, 1.807) is 6.07 Å². The molecule has 6 N–H and O–H groups in total. The first kappa shape index (κ1) is 27.9. The molecule has 2 amide bonds. The summed E-state index contributed by atoms with van der Waals surface area (Å²) in [4.78, 5) is 28.0. The van der Waals surface area contributed by atoms with Crippen molar-refractivity contribution in [3.05, 3.63) is 54.1 Å².